The first kappa shape index (κ1) is 57.6. The highest BCUT2D eigenvalue weighted by molar-refractivity contribution is 5.77. The van der Waals surface area contributed by atoms with Crippen LogP contribution in [0.25, 0.3) is 0 Å². The second-order valence-corrected chi connectivity index (χ2v) is 18.3. The Labute approximate surface area is 368 Å². The van der Waals surface area contributed by atoms with E-state index in [1.54, 1.807) is 0 Å². The molecule has 3 unspecified atom stereocenters. The average molecular weight is 834 g/mol. The minimum atomic E-state index is -0.781. The van der Waals surface area contributed by atoms with Crippen molar-refractivity contribution in [1.82, 2.24) is 5.32 Å². The maximum Gasteiger partial charge on any atom is 0.306 e. The zero-order chi connectivity index (χ0) is 43.1. The number of allylic oxidation sites excluding steroid dienone is 2. The molecule has 59 heavy (non-hydrogen) atoms. The summed E-state index contributed by atoms with van der Waals surface area (Å²) in [5, 5.41) is 23.7. The number of aliphatic hydroxyl groups is 2. The first-order chi connectivity index (χ1) is 29.0. The summed E-state index contributed by atoms with van der Waals surface area (Å²) >= 11 is 0. The van der Waals surface area contributed by atoms with Crippen molar-refractivity contribution in [3.8, 4) is 0 Å². The Morgan fingerprint density at radius 2 is 0.814 bits per heavy atom. The van der Waals surface area contributed by atoms with Gasteiger partial charge in [-0.15, -0.1) is 0 Å². The molecule has 0 aliphatic rings. The van der Waals surface area contributed by atoms with Crippen LogP contribution in [0.1, 0.15) is 290 Å². The second kappa shape index (κ2) is 47.6. The van der Waals surface area contributed by atoms with Crippen LogP contribution in [0.3, 0.4) is 0 Å². The van der Waals surface area contributed by atoms with Crippen molar-refractivity contribution in [3.63, 3.8) is 0 Å². The minimum absolute atomic E-state index is 0.0832. The van der Waals surface area contributed by atoms with E-state index in [0.717, 1.165) is 44.9 Å². The van der Waals surface area contributed by atoms with E-state index < -0.39 is 18.2 Å². The molecule has 0 aromatic heterocycles. The van der Waals surface area contributed by atoms with E-state index in [-0.39, 0.29) is 24.9 Å². The SMILES string of the molecule is CCCCCC/C=C\CCCCCCCCCC(=O)OC(CCCCCCCCCCCCCCCCC)CC(=O)NC(CO)C(O)CCCCCCCCCCCC. The molecule has 6 heteroatoms. The van der Waals surface area contributed by atoms with Crippen LogP contribution in [-0.2, 0) is 14.3 Å². The van der Waals surface area contributed by atoms with E-state index in [4.69, 9.17) is 4.74 Å². The molecule has 0 bridgehead atoms. The molecule has 0 aliphatic carbocycles. The van der Waals surface area contributed by atoms with Gasteiger partial charge < -0.3 is 20.3 Å². The Morgan fingerprint density at radius 3 is 1.22 bits per heavy atom. The van der Waals surface area contributed by atoms with Gasteiger partial charge in [-0.05, 0) is 51.4 Å². The average Bonchev–Trinajstić information content (AvgIpc) is 3.23. The van der Waals surface area contributed by atoms with E-state index in [1.807, 2.05) is 0 Å². The van der Waals surface area contributed by atoms with Gasteiger partial charge in [-0.25, -0.2) is 0 Å². The number of carbonyl (C=O) groups excluding carboxylic acids is 2. The van der Waals surface area contributed by atoms with Gasteiger partial charge in [-0.3, -0.25) is 9.59 Å². The molecule has 0 spiro atoms. The molecule has 0 aromatic carbocycles. The Bertz CT molecular complexity index is 893. The predicted octanol–water partition coefficient (Wildman–Crippen LogP) is 15.7. The number of nitrogens with one attached hydrogen (secondary N) is 1. The normalized spacial score (nSPS) is 13.2. The van der Waals surface area contributed by atoms with E-state index in [0.29, 0.717) is 19.3 Å². The fourth-order valence-corrected chi connectivity index (χ4v) is 8.31. The van der Waals surface area contributed by atoms with Crippen molar-refractivity contribution >= 4 is 11.9 Å². The number of aliphatic hydroxyl groups excluding tert-OH is 2. The first-order valence-electron chi connectivity index (χ1n) is 26.4. The van der Waals surface area contributed by atoms with Crippen LogP contribution in [0.4, 0.5) is 0 Å². The lowest BCUT2D eigenvalue weighted by Crippen LogP contribution is -2.46. The predicted molar refractivity (Wildman–Crippen MR) is 255 cm³/mol. The first-order valence-corrected chi connectivity index (χ1v) is 26.4. The fourth-order valence-electron chi connectivity index (χ4n) is 8.31. The molecule has 0 aromatic rings. The molecule has 3 atom stereocenters. The number of amides is 1. The largest absolute Gasteiger partial charge is 0.462 e. The molecular weight excluding hydrogens is 731 g/mol. The highest BCUT2D eigenvalue weighted by Gasteiger charge is 2.24. The monoisotopic (exact) mass is 834 g/mol. The van der Waals surface area contributed by atoms with Crippen LogP contribution < -0.4 is 5.32 Å². The molecule has 0 aliphatic heterocycles. The summed E-state index contributed by atoms with van der Waals surface area (Å²) in [5.74, 6) is -0.461. The van der Waals surface area contributed by atoms with Gasteiger partial charge in [0.25, 0.3) is 0 Å². The van der Waals surface area contributed by atoms with E-state index in [1.165, 1.54) is 199 Å². The van der Waals surface area contributed by atoms with Crippen LogP contribution in [0.5, 0.6) is 0 Å². The molecule has 0 rings (SSSR count). The van der Waals surface area contributed by atoms with Crippen molar-refractivity contribution in [1.29, 1.82) is 0 Å². The van der Waals surface area contributed by atoms with Crippen LogP contribution in [-0.4, -0.2) is 46.9 Å². The van der Waals surface area contributed by atoms with Gasteiger partial charge in [0.1, 0.15) is 6.10 Å². The lowest BCUT2D eigenvalue weighted by Gasteiger charge is -2.24. The standard InChI is InChI=1S/C53H103NO5/c1-4-7-10-13-16-19-22-24-26-28-30-32-35-38-41-44-49(59-53(58)46-43-40-37-34-31-29-27-25-23-20-17-14-11-8-5-2)47-52(57)54-50(48-55)51(56)45-42-39-36-33-21-18-15-12-9-6-3/h20,23,49-51,55-56H,4-19,21-22,24-48H2,1-3H3,(H,54,57)/b23-20-. The van der Waals surface area contributed by atoms with Gasteiger partial charge >= 0.3 is 5.97 Å². The van der Waals surface area contributed by atoms with E-state index in [2.05, 4.69) is 38.2 Å². The van der Waals surface area contributed by atoms with E-state index in [9.17, 15) is 19.8 Å². The Morgan fingerprint density at radius 1 is 0.475 bits per heavy atom. The summed E-state index contributed by atoms with van der Waals surface area (Å²) in [7, 11) is 0. The van der Waals surface area contributed by atoms with Crippen LogP contribution >= 0.6 is 0 Å². The van der Waals surface area contributed by atoms with E-state index >= 15 is 0 Å². The van der Waals surface area contributed by atoms with Crippen LogP contribution in [0, 0.1) is 0 Å². The Hall–Kier alpha value is -1.40. The molecule has 6 nitrogen and oxygen atoms in total. The molecule has 3 N–H and O–H groups in total. The zero-order valence-electron chi connectivity index (χ0n) is 39.9. The Balaban J connectivity index is 4.53. The number of hydrogen-bond donors (Lipinski definition) is 3. The van der Waals surface area contributed by atoms with Gasteiger partial charge in [0.15, 0.2) is 0 Å². The minimum Gasteiger partial charge on any atom is -0.462 e. The highest BCUT2D eigenvalue weighted by Crippen LogP contribution is 2.18. The molecule has 0 fully saturated rings. The number of carbonyl (C=O) groups is 2. The number of rotatable bonds is 48. The number of hydrogen-bond acceptors (Lipinski definition) is 5. The van der Waals surface area contributed by atoms with Gasteiger partial charge in [-0.1, -0.05) is 238 Å². The van der Waals surface area contributed by atoms with Crippen molar-refractivity contribution in [2.75, 3.05) is 6.61 Å². The molecular formula is C53H103NO5. The lowest BCUT2D eigenvalue weighted by molar-refractivity contribution is -0.151. The van der Waals surface area contributed by atoms with Crippen molar-refractivity contribution in [3.05, 3.63) is 12.2 Å². The molecule has 350 valence electrons. The summed E-state index contributed by atoms with van der Waals surface area (Å²) in [6.07, 6.45) is 52.7. The van der Waals surface area contributed by atoms with Crippen LogP contribution in [0.15, 0.2) is 12.2 Å². The summed E-state index contributed by atoms with van der Waals surface area (Å²) < 4.78 is 5.94. The third kappa shape index (κ3) is 43.1. The third-order valence-corrected chi connectivity index (χ3v) is 12.3. The molecule has 1 amide bonds. The van der Waals surface area contributed by atoms with Crippen molar-refractivity contribution in [2.24, 2.45) is 0 Å². The van der Waals surface area contributed by atoms with Gasteiger partial charge in [-0.2, -0.15) is 0 Å². The molecule has 0 saturated heterocycles. The van der Waals surface area contributed by atoms with Gasteiger partial charge in [0.05, 0.1) is 25.2 Å². The summed E-state index contributed by atoms with van der Waals surface area (Å²) in [6, 6.07) is -0.694. The maximum absolute atomic E-state index is 13.2. The molecule has 0 heterocycles. The fraction of sp³-hybridized carbons (Fsp3) is 0.925. The smallest absolute Gasteiger partial charge is 0.306 e. The van der Waals surface area contributed by atoms with Gasteiger partial charge in [0.2, 0.25) is 5.91 Å². The Kier molecular flexibility index (Phi) is 46.5. The molecule has 0 saturated carbocycles. The lowest BCUT2D eigenvalue weighted by atomic mass is 10.0. The molecule has 0 radical (unpaired) electrons. The van der Waals surface area contributed by atoms with Gasteiger partial charge in [0, 0.05) is 6.42 Å². The number of esters is 1. The van der Waals surface area contributed by atoms with Crippen molar-refractivity contribution in [2.45, 2.75) is 309 Å². The second-order valence-electron chi connectivity index (χ2n) is 18.3. The maximum atomic E-state index is 13.2. The number of unbranched alkanes of at least 4 members (excludes halogenated alkanes) is 34. The highest BCUT2D eigenvalue weighted by atomic mass is 16.5. The quantitative estimate of drug-likeness (QED) is 0.0322. The van der Waals surface area contributed by atoms with Crippen LogP contribution in [0.2, 0.25) is 0 Å². The number of ether oxygens (including phenoxy) is 1. The summed E-state index contributed by atoms with van der Waals surface area (Å²) in [5.41, 5.74) is 0. The zero-order valence-corrected chi connectivity index (χ0v) is 39.9. The summed E-state index contributed by atoms with van der Waals surface area (Å²) in [4.78, 5) is 26.1. The summed E-state index contributed by atoms with van der Waals surface area (Å²) in [6.45, 7) is 6.48. The third-order valence-electron chi connectivity index (χ3n) is 12.3. The topological polar surface area (TPSA) is 95.9 Å². The van der Waals surface area contributed by atoms with Crippen molar-refractivity contribution < 1.29 is 24.5 Å².